The van der Waals surface area contributed by atoms with E-state index in [1.54, 1.807) is 6.07 Å². The minimum absolute atomic E-state index is 0.0103. The molecule has 23 heavy (non-hydrogen) atoms. The molecule has 1 aromatic carbocycles. The summed E-state index contributed by atoms with van der Waals surface area (Å²) in [5.74, 6) is -1.18. The largest absolute Gasteiger partial charge is 0.497 e. The van der Waals surface area contributed by atoms with Gasteiger partial charge in [-0.25, -0.2) is 13.8 Å². The molecule has 1 fully saturated rings. The number of carbonyl (C=O) groups is 1. The van der Waals surface area contributed by atoms with Crippen LogP contribution in [0.25, 0.3) is 0 Å². The first-order valence-corrected chi connectivity index (χ1v) is 8.03. The van der Waals surface area contributed by atoms with E-state index < -0.39 is 11.6 Å². The van der Waals surface area contributed by atoms with E-state index in [4.69, 9.17) is 4.74 Å². The summed E-state index contributed by atoms with van der Waals surface area (Å²) in [4.78, 5) is 17.4. The van der Waals surface area contributed by atoms with Gasteiger partial charge in [0.05, 0.1) is 7.11 Å². The zero-order valence-corrected chi connectivity index (χ0v) is 14.4. The number of pyridine rings is 1. The molecule has 1 aliphatic rings. The summed E-state index contributed by atoms with van der Waals surface area (Å²) in [7, 11) is 1.47. The molecule has 1 amide bonds. The lowest BCUT2D eigenvalue weighted by Crippen LogP contribution is -2.26. The van der Waals surface area contributed by atoms with Crippen molar-refractivity contribution in [3.05, 3.63) is 51.2 Å². The van der Waals surface area contributed by atoms with Crippen LogP contribution in [-0.4, -0.2) is 24.5 Å². The number of nitrogens with zero attached hydrogens (tertiary/aromatic N) is 2. The van der Waals surface area contributed by atoms with Crippen molar-refractivity contribution in [2.24, 2.45) is 0 Å². The summed E-state index contributed by atoms with van der Waals surface area (Å²) in [6.07, 6.45) is 1.55. The van der Waals surface area contributed by atoms with Crippen LogP contribution in [0.1, 0.15) is 17.9 Å². The molecule has 0 saturated carbocycles. The lowest BCUT2D eigenvalue weighted by atomic mass is 9.97. The van der Waals surface area contributed by atoms with Crippen LogP contribution in [0.15, 0.2) is 30.5 Å². The second-order valence-corrected chi connectivity index (χ2v) is 6.38. The number of anilines is 1. The highest BCUT2D eigenvalue weighted by atomic mass is 127. The van der Waals surface area contributed by atoms with Crippen molar-refractivity contribution >= 4 is 34.3 Å². The van der Waals surface area contributed by atoms with E-state index in [1.807, 2.05) is 22.6 Å². The maximum atomic E-state index is 14.4. The normalized spacial score (nSPS) is 17.7. The standard InChI is InChI=1S/C16H13F2IN2O2/c1-23-10-6-12(18)15(13(19)7-10)9-5-14(22)21(8-9)16-11(17)3-2-4-20-16/h2-4,6-7,9H,5,8H2,1H3/t9-/m0/s1. The predicted octanol–water partition coefficient (Wildman–Crippen LogP) is 3.49. The third-order valence-electron chi connectivity index (χ3n) is 3.82. The van der Waals surface area contributed by atoms with Crippen LogP contribution in [0.2, 0.25) is 0 Å². The fourth-order valence-corrected chi connectivity index (χ4v) is 3.76. The van der Waals surface area contributed by atoms with Crippen LogP contribution in [0.3, 0.4) is 0 Å². The van der Waals surface area contributed by atoms with Gasteiger partial charge >= 0.3 is 0 Å². The molecule has 0 radical (unpaired) electrons. The van der Waals surface area contributed by atoms with Gasteiger partial charge in [0, 0.05) is 40.3 Å². The van der Waals surface area contributed by atoms with Gasteiger partial charge in [-0.3, -0.25) is 9.69 Å². The van der Waals surface area contributed by atoms with Crippen LogP contribution >= 0.6 is 22.6 Å². The lowest BCUT2D eigenvalue weighted by molar-refractivity contribution is -0.117. The smallest absolute Gasteiger partial charge is 0.228 e. The Kier molecular flexibility index (Phi) is 4.47. The average molecular weight is 430 g/mol. The van der Waals surface area contributed by atoms with Crippen LogP contribution in [0.4, 0.5) is 14.6 Å². The van der Waals surface area contributed by atoms with Gasteiger partial charge in [0.1, 0.15) is 11.6 Å². The van der Waals surface area contributed by atoms with Gasteiger partial charge < -0.3 is 4.74 Å². The molecule has 2 heterocycles. The Hall–Kier alpha value is -1.77. The molecule has 4 nitrogen and oxygen atoms in total. The molecule has 0 aliphatic carbocycles. The number of ether oxygens (including phenoxy) is 1. The van der Waals surface area contributed by atoms with E-state index in [9.17, 15) is 13.6 Å². The number of aromatic nitrogens is 1. The predicted molar refractivity (Wildman–Crippen MR) is 89.6 cm³/mol. The Morgan fingerprint density at radius 2 is 2.13 bits per heavy atom. The molecule has 1 atom stereocenters. The highest BCUT2D eigenvalue weighted by Crippen LogP contribution is 2.36. The molecule has 2 aromatic rings. The van der Waals surface area contributed by atoms with E-state index in [0.717, 1.165) is 0 Å². The number of hydrogen-bond acceptors (Lipinski definition) is 3. The molecule has 1 aromatic heterocycles. The zero-order valence-electron chi connectivity index (χ0n) is 12.2. The van der Waals surface area contributed by atoms with Gasteiger partial charge in [0.25, 0.3) is 0 Å². The second kappa shape index (κ2) is 6.38. The van der Waals surface area contributed by atoms with Crippen molar-refractivity contribution in [1.29, 1.82) is 0 Å². The summed E-state index contributed by atoms with van der Waals surface area (Å²) in [5, 5.41) is 0. The van der Waals surface area contributed by atoms with Gasteiger partial charge in [-0.1, -0.05) is 0 Å². The minimum Gasteiger partial charge on any atom is -0.497 e. The van der Waals surface area contributed by atoms with Crippen molar-refractivity contribution in [2.75, 3.05) is 18.6 Å². The molecule has 0 bridgehead atoms. The molecular formula is C16H13F2IN2O2. The highest BCUT2D eigenvalue weighted by molar-refractivity contribution is 14.1. The SMILES string of the molecule is COc1cc(F)c([C@H]2CC(=O)N(c3ncccc3F)C2)c(I)c1. The maximum absolute atomic E-state index is 14.4. The molecule has 1 aliphatic heterocycles. The van der Waals surface area contributed by atoms with Crippen LogP contribution in [0.5, 0.6) is 5.75 Å². The number of carbonyl (C=O) groups excluding carboxylic acids is 1. The first kappa shape index (κ1) is 16.1. The maximum Gasteiger partial charge on any atom is 0.228 e. The van der Waals surface area contributed by atoms with Crippen LogP contribution < -0.4 is 9.64 Å². The molecule has 0 N–H and O–H groups in total. The van der Waals surface area contributed by atoms with Gasteiger partial charge in [0.2, 0.25) is 5.91 Å². The Balaban J connectivity index is 1.93. The first-order chi connectivity index (χ1) is 11.0. The van der Waals surface area contributed by atoms with Gasteiger partial charge in [-0.15, -0.1) is 0 Å². The molecule has 120 valence electrons. The topological polar surface area (TPSA) is 42.4 Å². The van der Waals surface area contributed by atoms with Crippen LogP contribution in [0, 0.1) is 15.2 Å². The molecule has 7 heteroatoms. The van der Waals surface area contributed by atoms with Crippen molar-refractivity contribution in [1.82, 2.24) is 4.98 Å². The molecular weight excluding hydrogens is 417 g/mol. The average Bonchev–Trinajstić information content (AvgIpc) is 2.88. The van der Waals surface area contributed by atoms with Gasteiger partial charge in [-0.2, -0.15) is 0 Å². The fourth-order valence-electron chi connectivity index (χ4n) is 2.75. The number of amides is 1. The highest BCUT2D eigenvalue weighted by Gasteiger charge is 2.36. The van der Waals surface area contributed by atoms with E-state index in [2.05, 4.69) is 4.98 Å². The lowest BCUT2D eigenvalue weighted by Gasteiger charge is -2.17. The molecule has 3 rings (SSSR count). The van der Waals surface area contributed by atoms with Crippen molar-refractivity contribution < 1.29 is 18.3 Å². The van der Waals surface area contributed by atoms with E-state index >= 15 is 0 Å². The van der Waals surface area contributed by atoms with Gasteiger partial charge in [-0.05, 0) is 40.8 Å². The van der Waals surface area contributed by atoms with E-state index in [0.29, 0.717) is 14.9 Å². The minimum atomic E-state index is -0.564. The third kappa shape index (κ3) is 3.01. The quantitative estimate of drug-likeness (QED) is 0.701. The summed E-state index contributed by atoms with van der Waals surface area (Å²) in [5.41, 5.74) is 0.457. The summed E-state index contributed by atoms with van der Waals surface area (Å²) >= 11 is 2.02. The number of halogens is 3. The Morgan fingerprint density at radius 3 is 2.78 bits per heavy atom. The van der Waals surface area contributed by atoms with E-state index in [-0.39, 0.29) is 30.6 Å². The number of methoxy groups -OCH3 is 1. The summed E-state index contributed by atoms with van der Waals surface area (Å²) in [6, 6.07) is 5.73. The van der Waals surface area contributed by atoms with Crippen molar-refractivity contribution in [3.63, 3.8) is 0 Å². The molecule has 0 spiro atoms. The molecule has 0 unspecified atom stereocenters. The Morgan fingerprint density at radius 1 is 1.35 bits per heavy atom. The van der Waals surface area contributed by atoms with Gasteiger partial charge in [0.15, 0.2) is 11.6 Å². The third-order valence-corrected chi connectivity index (χ3v) is 4.71. The van der Waals surface area contributed by atoms with Crippen LogP contribution in [-0.2, 0) is 4.79 Å². The number of benzene rings is 1. The zero-order chi connectivity index (χ0) is 16.6. The Bertz CT molecular complexity index is 746. The van der Waals surface area contributed by atoms with Crippen molar-refractivity contribution in [3.8, 4) is 5.75 Å². The monoisotopic (exact) mass is 430 g/mol. The Labute approximate surface area is 145 Å². The summed E-state index contributed by atoms with van der Waals surface area (Å²) < 4.78 is 34.0. The first-order valence-electron chi connectivity index (χ1n) is 6.95. The second-order valence-electron chi connectivity index (χ2n) is 5.22. The molecule has 1 saturated heterocycles. The fraction of sp³-hybridized carbons (Fsp3) is 0.250. The number of rotatable bonds is 3. The van der Waals surface area contributed by atoms with Crippen molar-refractivity contribution in [2.45, 2.75) is 12.3 Å². The van der Waals surface area contributed by atoms with E-state index in [1.165, 1.54) is 36.4 Å². The number of hydrogen-bond donors (Lipinski definition) is 0. The summed E-state index contributed by atoms with van der Waals surface area (Å²) in [6.45, 7) is 0.200.